The second kappa shape index (κ2) is 27.7. The van der Waals surface area contributed by atoms with Crippen molar-refractivity contribution in [3.05, 3.63) is 24.3 Å². The van der Waals surface area contributed by atoms with Gasteiger partial charge in [0.1, 0.15) is 0 Å². The average Bonchev–Trinajstić information content (AvgIpc) is 2.84. The van der Waals surface area contributed by atoms with Crippen molar-refractivity contribution in [1.82, 2.24) is 5.32 Å². The Hall–Kier alpha value is -1.58. The first-order valence-corrected chi connectivity index (χ1v) is 14.3. The molecule has 0 unspecified atom stereocenters. The third-order valence-electron chi connectivity index (χ3n) is 6.21. The van der Waals surface area contributed by atoms with Gasteiger partial charge in [0.25, 0.3) is 0 Å². The molecule has 0 saturated carbocycles. The van der Waals surface area contributed by atoms with E-state index in [9.17, 15) is 9.59 Å². The maximum atomic E-state index is 11.9. The van der Waals surface area contributed by atoms with E-state index in [1.807, 2.05) is 0 Å². The number of nitrogens with one attached hydrogen (secondary N) is 1. The van der Waals surface area contributed by atoms with Crippen molar-refractivity contribution in [1.29, 1.82) is 0 Å². The maximum Gasteiger partial charge on any atom is 0.305 e. The molecule has 0 aliphatic heterocycles. The Morgan fingerprint density at radius 2 is 1.12 bits per heavy atom. The first-order chi connectivity index (χ1) is 16.7. The van der Waals surface area contributed by atoms with Crippen LogP contribution < -0.4 is 5.32 Å². The van der Waals surface area contributed by atoms with Crippen LogP contribution in [0.2, 0.25) is 0 Å². The number of carbonyl (C=O) groups is 2. The highest BCUT2D eigenvalue weighted by Crippen LogP contribution is 2.10. The number of hydrogen-bond acceptors (Lipinski definition) is 3. The Balaban J connectivity index is 3.27. The van der Waals surface area contributed by atoms with E-state index < -0.39 is 0 Å². The molecule has 0 saturated heterocycles. The Labute approximate surface area is 211 Å². The molecule has 0 aromatic rings. The van der Waals surface area contributed by atoms with Crippen LogP contribution >= 0.6 is 0 Å². The van der Waals surface area contributed by atoms with Crippen LogP contribution in [0.3, 0.4) is 0 Å². The van der Waals surface area contributed by atoms with Gasteiger partial charge in [0.15, 0.2) is 0 Å². The summed E-state index contributed by atoms with van der Waals surface area (Å²) in [6.45, 7) is 3.06. The average molecular weight is 478 g/mol. The molecule has 4 nitrogen and oxygen atoms in total. The molecule has 4 heteroatoms. The lowest BCUT2D eigenvalue weighted by Gasteiger charge is -2.06. The second-order valence-electron chi connectivity index (χ2n) is 9.49. The van der Waals surface area contributed by atoms with Gasteiger partial charge in [-0.2, -0.15) is 0 Å². The monoisotopic (exact) mass is 477 g/mol. The lowest BCUT2D eigenvalue weighted by Crippen LogP contribution is -2.23. The van der Waals surface area contributed by atoms with Gasteiger partial charge in [-0.25, -0.2) is 0 Å². The summed E-state index contributed by atoms with van der Waals surface area (Å²) in [4.78, 5) is 22.9. The Bertz CT molecular complexity index is 513. The van der Waals surface area contributed by atoms with E-state index in [0.717, 1.165) is 45.1 Å². The zero-order valence-corrected chi connectivity index (χ0v) is 22.6. The molecular weight excluding hydrogens is 422 g/mol. The van der Waals surface area contributed by atoms with E-state index in [2.05, 4.69) is 41.3 Å². The molecule has 0 rings (SSSR count). The molecule has 0 aliphatic carbocycles. The summed E-state index contributed by atoms with van der Waals surface area (Å²) in [5.41, 5.74) is 0. The fraction of sp³-hybridized carbons (Fsp3) is 0.800. The van der Waals surface area contributed by atoms with Crippen molar-refractivity contribution >= 4 is 11.9 Å². The minimum Gasteiger partial charge on any atom is -0.469 e. The minimum atomic E-state index is -0.0995. The Morgan fingerprint density at radius 3 is 1.71 bits per heavy atom. The highest BCUT2D eigenvalue weighted by Gasteiger charge is 2.01. The first kappa shape index (κ1) is 32.4. The molecule has 0 aromatic heterocycles. The van der Waals surface area contributed by atoms with Gasteiger partial charge in [-0.05, 0) is 51.4 Å². The quantitative estimate of drug-likeness (QED) is 0.0813. The van der Waals surface area contributed by atoms with Crippen molar-refractivity contribution in [2.75, 3.05) is 13.7 Å². The highest BCUT2D eigenvalue weighted by atomic mass is 16.5. The SMILES string of the molecule is CCCCCC=CCC=CCCCCCCCC(=O)NCCCCCCCCCCC(=O)OC. The van der Waals surface area contributed by atoms with Crippen LogP contribution in [0.1, 0.15) is 142 Å². The van der Waals surface area contributed by atoms with Gasteiger partial charge < -0.3 is 10.1 Å². The lowest BCUT2D eigenvalue weighted by molar-refractivity contribution is -0.140. The van der Waals surface area contributed by atoms with Gasteiger partial charge >= 0.3 is 5.97 Å². The Morgan fingerprint density at radius 1 is 0.618 bits per heavy atom. The van der Waals surface area contributed by atoms with Crippen LogP contribution in [0, 0.1) is 0 Å². The summed E-state index contributed by atoms with van der Waals surface area (Å²) in [5.74, 6) is 0.119. The minimum absolute atomic E-state index is 0.0995. The Kier molecular flexibility index (Phi) is 26.4. The summed E-state index contributed by atoms with van der Waals surface area (Å²) in [7, 11) is 1.45. The normalized spacial score (nSPS) is 11.5. The van der Waals surface area contributed by atoms with Crippen LogP contribution in [-0.2, 0) is 14.3 Å². The number of esters is 1. The van der Waals surface area contributed by atoms with Crippen LogP contribution in [0.4, 0.5) is 0 Å². The fourth-order valence-electron chi connectivity index (χ4n) is 3.97. The molecule has 0 aromatic carbocycles. The largest absolute Gasteiger partial charge is 0.469 e. The predicted octanol–water partition coefficient (Wildman–Crippen LogP) is 8.60. The van der Waals surface area contributed by atoms with Gasteiger partial charge in [0.05, 0.1) is 7.11 Å². The number of methoxy groups -OCH3 is 1. The van der Waals surface area contributed by atoms with Crippen LogP contribution in [0.25, 0.3) is 0 Å². The van der Waals surface area contributed by atoms with E-state index >= 15 is 0 Å². The molecular formula is C30H55NO3. The number of amides is 1. The summed E-state index contributed by atoms with van der Waals surface area (Å²) >= 11 is 0. The fourth-order valence-corrected chi connectivity index (χ4v) is 3.97. The molecule has 0 atom stereocenters. The molecule has 0 fully saturated rings. The lowest BCUT2D eigenvalue weighted by atomic mass is 10.1. The summed E-state index contributed by atoms with van der Waals surface area (Å²) < 4.78 is 4.64. The van der Waals surface area contributed by atoms with Gasteiger partial charge in [-0.3, -0.25) is 9.59 Å². The molecule has 0 radical (unpaired) electrons. The van der Waals surface area contributed by atoms with Crippen molar-refractivity contribution in [2.45, 2.75) is 142 Å². The number of carbonyl (C=O) groups excluding carboxylic acids is 2. The number of unbranched alkanes of at least 4 members (excludes halogenated alkanes) is 15. The summed E-state index contributed by atoms with van der Waals surface area (Å²) in [5, 5.41) is 3.07. The molecule has 0 spiro atoms. The van der Waals surface area contributed by atoms with E-state index in [4.69, 9.17) is 0 Å². The second-order valence-corrected chi connectivity index (χ2v) is 9.49. The van der Waals surface area contributed by atoms with Gasteiger partial charge in [-0.1, -0.05) is 102 Å². The number of ether oxygens (including phenoxy) is 1. The topological polar surface area (TPSA) is 55.4 Å². The van der Waals surface area contributed by atoms with Crippen LogP contribution in [0.15, 0.2) is 24.3 Å². The molecule has 1 amide bonds. The predicted molar refractivity (Wildman–Crippen MR) is 146 cm³/mol. The van der Waals surface area contributed by atoms with Crippen LogP contribution in [0.5, 0.6) is 0 Å². The third-order valence-corrected chi connectivity index (χ3v) is 6.21. The van der Waals surface area contributed by atoms with Gasteiger partial charge in [0, 0.05) is 19.4 Å². The maximum absolute atomic E-state index is 11.9. The molecule has 1 N–H and O–H groups in total. The first-order valence-electron chi connectivity index (χ1n) is 14.3. The van der Waals surface area contributed by atoms with Crippen LogP contribution in [-0.4, -0.2) is 25.5 Å². The molecule has 0 heterocycles. The van der Waals surface area contributed by atoms with Crippen molar-refractivity contribution in [2.24, 2.45) is 0 Å². The zero-order valence-electron chi connectivity index (χ0n) is 22.6. The van der Waals surface area contributed by atoms with E-state index in [0.29, 0.717) is 12.8 Å². The number of rotatable bonds is 25. The zero-order chi connectivity index (χ0) is 25.0. The standard InChI is InChI=1S/C30H55NO3/c1-3-4-5-6-7-8-9-10-11-12-13-14-17-20-23-26-29(32)31-28-25-22-19-16-15-18-21-24-27-30(33)34-2/h7-8,10-11H,3-6,9,12-28H2,1-2H3,(H,31,32). The number of allylic oxidation sites excluding steroid dienone is 4. The number of hydrogen-bond donors (Lipinski definition) is 1. The molecule has 0 bridgehead atoms. The smallest absolute Gasteiger partial charge is 0.305 e. The highest BCUT2D eigenvalue weighted by molar-refractivity contribution is 5.75. The van der Waals surface area contributed by atoms with Crippen molar-refractivity contribution in [3.8, 4) is 0 Å². The van der Waals surface area contributed by atoms with Gasteiger partial charge in [0.2, 0.25) is 5.91 Å². The van der Waals surface area contributed by atoms with Crippen molar-refractivity contribution < 1.29 is 14.3 Å². The summed E-state index contributed by atoms with van der Waals surface area (Å²) in [6, 6.07) is 0. The third kappa shape index (κ3) is 26.7. The molecule has 198 valence electrons. The van der Waals surface area contributed by atoms with Gasteiger partial charge in [-0.15, -0.1) is 0 Å². The summed E-state index contributed by atoms with van der Waals surface area (Å²) in [6.07, 6.45) is 33.0. The van der Waals surface area contributed by atoms with E-state index in [1.165, 1.54) is 90.6 Å². The van der Waals surface area contributed by atoms with E-state index in [-0.39, 0.29) is 11.9 Å². The molecule has 34 heavy (non-hydrogen) atoms. The molecule has 0 aliphatic rings. The van der Waals surface area contributed by atoms with Crippen molar-refractivity contribution in [3.63, 3.8) is 0 Å². The van der Waals surface area contributed by atoms with E-state index in [1.54, 1.807) is 0 Å².